The highest BCUT2D eigenvalue weighted by Crippen LogP contribution is 1.92. The fourth-order valence-corrected chi connectivity index (χ4v) is 0.831. The van der Waals surface area contributed by atoms with Gasteiger partial charge in [0.2, 0.25) is 0 Å². The maximum Gasteiger partial charge on any atom is 0.317 e. The summed E-state index contributed by atoms with van der Waals surface area (Å²) in [5.41, 5.74) is 0. The smallest absolute Gasteiger partial charge is 0.317 e. The zero-order chi connectivity index (χ0) is 10.3. The summed E-state index contributed by atoms with van der Waals surface area (Å²) in [5, 5.41) is 2.87. The van der Waals surface area contributed by atoms with E-state index in [4.69, 9.17) is 4.74 Å². The first-order valence-electron chi connectivity index (χ1n) is 4.62. The predicted octanol–water partition coefficient (Wildman–Crippen LogP) is 1.07. The van der Waals surface area contributed by atoms with Gasteiger partial charge in [0.25, 0.3) is 0 Å². The Morgan fingerprint density at radius 3 is 2.69 bits per heavy atom. The number of ether oxygens (including phenoxy) is 1. The van der Waals surface area contributed by atoms with E-state index in [1.54, 1.807) is 19.1 Å². The number of nitrogens with zero attached hydrogens (tertiary/aromatic N) is 1. The Hall–Kier alpha value is -0.770. The van der Waals surface area contributed by atoms with Crippen LogP contribution < -0.4 is 5.32 Å². The van der Waals surface area contributed by atoms with Gasteiger partial charge in [-0.2, -0.15) is 0 Å². The summed E-state index contributed by atoms with van der Waals surface area (Å²) in [6, 6.07) is 0.146. The van der Waals surface area contributed by atoms with Gasteiger partial charge in [0.05, 0.1) is 0 Å². The van der Waals surface area contributed by atoms with E-state index in [-0.39, 0.29) is 12.1 Å². The molecule has 0 rings (SSSR count). The van der Waals surface area contributed by atoms with Crippen molar-refractivity contribution in [1.82, 2.24) is 10.2 Å². The number of nitrogens with one attached hydrogen (secondary N) is 1. The second-order valence-corrected chi connectivity index (χ2v) is 3.15. The summed E-state index contributed by atoms with van der Waals surface area (Å²) >= 11 is 0. The van der Waals surface area contributed by atoms with Crippen LogP contribution in [-0.4, -0.2) is 44.3 Å². The summed E-state index contributed by atoms with van der Waals surface area (Å²) in [4.78, 5) is 13.0. The number of rotatable bonds is 5. The summed E-state index contributed by atoms with van der Waals surface area (Å²) in [6.45, 7) is 5.32. The molecule has 0 heterocycles. The molecule has 0 aromatic carbocycles. The molecule has 0 aliphatic carbocycles. The highest BCUT2D eigenvalue weighted by Gasteiger charge is 2.09. The minimum atomic E-state index is -0.0221. The van der Waals surface area contributed by atoms with Crippen molar-refractivity contribution in [1.29, 1.82) is 0 Å². The average molecular weight is 188 g/mol. The van der Waals surface area contributed by atoms with Gasteiger partial charge in [-0.1, -0.05) is 0 Å². The van der Waals surface area contributed by atoms with Gasteiger partial charge in [0, 0.05) is 33.4 Å². The quantitative estimate of drug-likeness (QED) is 0.701. The molecule has 1 N–H and O–H groups in total. The fourth-order valence-electron chi connectivity index (χ4n) is 0.831. The summed E-state index contributed by atoms with van der Waals surface area (Å²) in [7, 11) is 3.44. The number of carbonyl (C=O) groups is 1. The van der Waals surface area contributed by atoms with E-state index >= 15 is 0 Å². The lowest BCUT2D eigenvalue weighted by Crippen LogP contribution is -2.42. The maximum absolute atomic E-state index is 11.3. The molecule has 0 saturated heterocycles. The van der Waals surface area contributed by atoms with Gasteiger partial charge >= 0.3 is 6.03 Å². The van der Waals surface area contributed by atoms with E-state index in [0.717, 1.165) is 13.0 Å². The first-order valence-corrected chi connectivity index (χ1v) is 4.62. The molecule has 0 aromatic rings. The van der Waals surface area contributed by atoms with Gasteiger partial charge in [-0.05, 0) is 20.3 Å². The molecular formula is C9H20N2O2. The van der Waals surface area contributed by atoms with Gasteiger partial charge in [-0.3, -0.25) is 0 Å². The Morgan fingerprint density at radius 2 is 2.23 bits per heavy atom. The summed E-state index contributed by atoms with van der Waals surface area (Å²) < 4.78 is 4.92. The zero-order valence-electron chi connectivity index (χ0n) is 8.96. The number of hydrogen-bond donors (Lipinski definition) is 1. The molecule has 4 nitrogen and oxygen atoms in total. The summed E-state index contributed by atoms with van der Waals surface area (Å²) in [6.07, 6.45) is 0.847. The Bertz CT molecular complexity index is 151. The Labute approximate surface area is 80.2 Å². The Morgan fingerprint density at radius 1 is 1.62 bits per heavy atom. The molecule has 78 valence electrons. The van der Waals surface area contributed by atoms with Gasteiger partial charge in [0.15, 0.2) is 0 Å². The van der Waals surface area contributed by atoms with Gasteiger partial charge in [0.1, 0.15) is 0 Å². The van der Waals surface area contributed by atoms with Gasteiger partial charge < -0.3 is 15.0 Å². The van der Waals surface area contributed by atoms with Crippen molar-refractivity contribution >= 4 is 6.03 Å². The van der Waals surface area contributed by atoms with Crippen LogP contribution in [0.3, 0.4) is 0 Å². The van der Waals surface area contributed by atoms with E-state index in [1.165, 1.54) is 0 Å². The van der Waals surface area contributed by atoms with E-state index in [9.17, 15) is 4.79 Å². The topological polar surface area (TPSA) is 41.6 Å². The second kappa shape index (κ2) is 6.71. The fraction of sp³-hybridized carbons (Fsp3) is 0.889. The molecule has 0 aromatic heterocycles. The molecule has 0 bridgehead atoms. The molecule has 13 heavy (non-hydrogen) atoms. The minimum absolute atomic E-state index is 0.0221. The third-order valence-corrected chi connectivity index (χ3v) is 1.95. The highest BCUT2D eigenvalue weighted by molar-refractivity contribution is 5.74. The molecule has 1 atom stereocenters. The van der Waals surface area contributed by atoms with E-state index in [2.05, 4.69) is 5.32 Å². The van der Waals surface area contributed by atoms with Crippen LogP contribution in [0, 0.1) is 0 Å². The van der Waals surface area contributed by atoms with Crippen LogP contribution in [-0.2, 0) is 4.74 Å². The third kappa shape index (κ3) is 5.47. The zero-order valence-corrected chi connectivity index (χ0v) is 8.96. The predicted molar refractivity (Wildman–Crippen MR) is 52.8 cm³/mol. The number of amides is 2. The largest absolute Gasteiger partial charge is 0.385 e. The molecule has 4 heteroatoms. The third-order valence-electron chi connectivity index (χ3n) is 1.95. The Balaban J connectivity index is 3.64. The lowest BCUT2D eigenvalue weighted by Gasteiger charge is -2.19. The first-order chi connectivity index (χ1) is 6.11. The van der Waals surface area contributed by atoms with Crippen LogP contribution in [0.25, 0.3) is 0 Å². The molecule has 0 spiro atoms. The van der Waals surface area contributed by atoms with Crippen molar-refractivity contribution in [3.05, 3.63) is 0 Å². The highest BCUT2D eigenvalue weighted by atomic mass is 16.5. The SMILES string of the molecule is CCN(C)C(=O)NC(C)CCOC. The summed E-state index contributed by atoms with van der Waals surface area (Å²) in [5.74, 6) is 0. The second-order valence-electron chi connectivity index (χ2n) is 3.15. The molecule has 2 amide bonds. The molecule has 0 fully saturated rings. The molecule has 1 unspecified atom stereocenters. The van der Waals surface area contributed by atoms with Crippen molar-refractivity contribution in [2.75, 3.05) is 27.3 Å². The van der Waals surface area contributed by atoms with Crippen LogP contribution in [0.15, 0.2) is 0 Å². The van der Waals surface area contributed by atoms with Crippen LogP contribution in [0.5, 0.6) is 0 Å². The van der Waals surface area contributed by atoms with Gasteiger partial charge in [-0.25, -0.2) is 4.79 Å². The average Bonchev–Trinajstić information content (AvgIpc) is 2.13. The minimum Gasteiger partial charge on any atom is -0.385 e. The number of methoxy groups -OCH3 is 1. The van der Waals surface area contributed by atoms with E-state index in [1.807, 2.05) is 13.8 Å². The molecular weight excluding hydrogens is 168 g/mol. The van der Waals surface area contributed by atoms with Crippen LogP contribution in [0.1, 0.15) is 20.3 Å². The van der Waals surface area contributed by atoms with E-state index < -0.39 is 0 Å². The molecule has 0 aliphatic rings. The lowest BCUT2D eigenvalue weighted by atomic mass is 10.2. The van der Waals surface area contributed by atoms with Crippen molar-refractivity contribution in [2.24, 2.45) is 0 Å². The standard InChI is InChI=1S/C9H20N2O2/c1-5-11(3)9(12)10-8(2)6-7-13-4/h8H,5-7H2,1-4H3,(H,10,12). The van der Waals surface area contributed by atoms with Crippen molar-refractivity contribution in [3.8, 4) is 0 Å². The van der Waals surface area contributed by atoms with Crippen molar-refractivity contribution in [2.45, 2.75) is 26.3 Å². The van der Waals surface area contributed by atoms with Gasteiger partial charge in [-0.15, -0.1) is 0 Å². The molecule has 0 aliphatic heterocycles. The van der Waals surface area contributed by atoms with E-state index in [0.29, 0.717) is 6.61 Å². The lowest BCUT2D eigenvalue weighted by molar-refractivity contribution is 0.178. The monoisotopic (exact) mass is 188 g/mol. The van der Waals surface area contributed by atoms with Crippen molar-refractivity contribution in [3.63, 3.8) is 0 Å². The number of hydrogen-bond acceptors (Lipinski definition) is 2. The van der Waals surface area contributed by atoms with Crippen LogP contribution in [0.4, 0.5) is 4.79 Å². The maximum atomic E-state index is 11.3. The van der Waals surface area contributed by atoms with Crippen LogP contribution in [0.2, 0.25) is 0 Å². The number of urea groups is 1. The normalized spacial score (nSPS) is 12.3. The molecule has 0 radical (unpaired) electrons. The number of carbonyl (C=O) groups excluding carboxylic acids is 1. The van der Waals surface area contributed by atoms with Crippen molar-refractivity contribution < 1.29 is 9.53 Å². The first kappa shape index (κ1) is 12.2. The Kier molecular flexibility index (Phi) is 6.32. The molecule has 0 saturated carbocycles. The van der Waals surface area contributed by atoms with Crippen LogP contribution >= 0.6 is 0 Å².